The number of nitrogens with zero attached hydrogens (tertiary/aromatic N) is 3. The van der Waals surface area contributed by atoms with Gasteiger partial charge in [-0.3, -0.25) is 9.20 Å². The number of carbonyl (C=O) groups is 1. The summed E-state index contributed by atoms with van der Waals surface area (Å²) in [5.41, 5.74) is 2.06. The maximum atomic E-state index is 12.3. The van der Waals surface area contributed by atoms with Gasteiger partial charge in [0.25, 0.3) is 5.91 Å². The van der Waals surface area contributed by atoms with E-state index in [4.69, 9.17) is 4.42 Å². The highest BCUT2D eigenvalue weighted by molar-refractivity contribution is 9.10. The van der Waals surface area contributed by atoms with Gasteiger partial charge >= 0.3 is 0 Å². The minimum atomic E-state index is -0.190. The molecule has 3 aromatic heterocycles. The smallest absolute Gasteiger partial charge is 0.251 e. The van der Waals surface area contributed by atoms with Crippen LogP contribution in [0.25, 0.3) is 17.0 Å². The van der Waals surface area contributed by atoms with E-state index >= 15 is 0 Å². The number of hydrogen-bond donors (Lipinski definition) is 1. The number of carbonyl (C=O) groups excluding carboxylic acids is 1. The summed E-state index contributed by atoms with van der Waals surface area (Å²) >= 11 is 3.53. The third kappa shape index (κ3) is 3.06. The van der Waals surface area contributed by atoms with Crippen molar-refractivity contribution in [3.63, 3.8) is 0 Å². The first-order valence-electron chi connectivity index (χ1n) is 7.62. The van der Waals surface area contributed by atoms with E-state index in [1.807, 2.05) is 34.7 Å². The molecule has 0 spiro atoms. The van der Waals surface area contributed by atoms with Crippen molar-refractivity contribution in [1.29, 1.82) is 0 Å². The van der Waals surface area contributed by atoms with Crippen LogP contribution in [-0.4, -0.2) is 20.5 Å². The molecule has 1 aromatic carbocycles. The van der Waals surface area contributed by atoms with Crippen LogP contribution < -0.4 is 5.32 Å². The molecule has 7 heteroatoms. The first-order chi connectivity index (χ1) is 12.2. The number of amides is 1. The summed E-state index contributed by atoms with van der Waals surface area (Å²) in [6.45, 7) is 0.339. The number of aromatic nitrogens is 3. The minimum Gasteiger partial charge on any atom is -0.467 e. The second-order valence-electron chi connectivity index (χ2n) is 5.41. The third-order valence-corrected chi connectivity index (χ3v) is 4.48. The molecule has 0 aliphatic carbocycles. The van der Waals surface area contributed by atoms with Crippen LogP contribution in [0, 0.1) is 0 Å². The fourth-order valence-corrected chi connectivity index (χ4v) is 3.00. The van der Waals surface area contributed by atoms with Crippen molar-refractivity contribution in [3.05, 3.63) is 76.8 Å². The van der Waals surface area contributed by atoms with Gasteiger partial charge in [-0.05, 0) is 30.3 Å². The Kier molecular flexibility index (Phi) is 4.07. The molecule has 0 unspecified atom stereocenters. The van der Waals surface area contributed by atoms with E-state index in [0.717, 1.165) is 10.0 Å². The molecular formula is C18H13BrN4O2. The lowest BCUT2D eigenvalue weighted by molar-refractivity contribution is 0.0948. The molecule has 0 radical (unpaired) electrons. The van der Waals surface area contributed by atoms with Crippen molar-refractivity contribution in [2.24, 2.45) is 0 Å². The Balaban J connectivity index is 1.61. The predicted molar refractivity (Wildman–Crippen MR) is 96.0 cm³/mol. The number of furan rings is 1. The number of nitrogens with one attached hydrogen (secondary N) is 1. The van der Waals surface area contributed by atoms with Crippen LogP contribution in [0.3, 0.4) is 0 Å². The standard InChI is InChI=1S/C18H13BrN4O2/c19-15-6-2-1-5-14(15)17-22-21-16-10-12(7-8-23(16)17)18(24)20-11-13-4-3-9-25-13/h1-10H,11H2,(H,20,24). The van der Waals surface area contributed by atoms with E-state index in [0.29, 0.717) is 29.3 Å². The molecule has 4 rings (SSSR count). The fraction of sp³-hybridized carbons (Fsp3) is 0.0556. The second-order valence-corrected chi connectivity index (χ2v) is 6.26. The van der Waals surface area contributed by atoms with Crippen LogP contribution >= 0.6 is 15.9 Å². The molecular weight excluding hydrogens is 384 g/mol. The van der Waals surface area contributed by atoms with Gasteiger partial charge in [0.05, 0.1) is 12.8 Å². The lowest BCUT2D eigenvalue weighted by Gasteiger charge is -2.05. The summed E-state index contributed by atoms with van der Waals surface area (Å²) in [6, 6.07) is 14.9. The van der Waals surface area contributed by atoms with Gasteiger partial charge in [0.15, 0.2) is 11.5 Å². The third-order valence-electron chi connectivity index (χ3n) is 3.79. The lowest BCUT2D eigenvalue weighted by atomic mass is 10.2. The molecule has 4 aromatic rings. The molecule has 0 bridgehead atoms. The Hall–Kier alpha value is -2.93. The second kappa shape index (κ2) is 6.52. The van der Waals surface area contributed by atoms with E-state index in [1.54, 1.807) is 30.7 Å². The summed E-state index contributed by atoms with van der Waals surface area (Å²) in [4.78, 5) is 12.3. The van der Waals surface area contributed by atoms with E-state index < -0.39 is 0 Å². The summed E-state index contributed by atoms with van der Waals surface area (Å²) in [7, 11) is 0. The zero-order valence-corrected chi connectivity index (χ0v) is 14.6. The number of pyridine rings is 1. The SMILES string of the molecule is O=C(NCc1ccco1)c1ccn2c(-c3ccccc3Br)nnc2c1. The first kappa shape index (κ1) is 15.6. The molecule has 0 atom stereocenters. The van der Waals surface area contributed by atoms with Crippen LogP contribution in [-0.2, 0) is 6.54 Å². The number of hydrogen-bond acceptors (Lipinski definition) is 4. The van der Waals surface area contributed by atoms with Crippen LogP contribution in [0.15, 0.2) is 69.9 Å². The van der Waals surface area contributed by atoms with Crippen molar-refractivity contribution in [2.45, 2.75) is 6.54 Å². The Morgan fingerprint density at radius 2 is 2.04 bits per heavy atom. The van der Waals surface area contributed by atoms with E-state index in [2.05, 4.69) is 31.4 Å². The zero-order chi connectivity index (χ0) is 17.2. The van der Waals surface area contributed by atoms with Crippen LogP contribution in [0.2, 0.25) is 0 Å². The van der Waals surface area contributed by atoms with Crippen LogP contribution in [0.4, 0.5) is 0 Å². The van der Waals surface area contributed by atoms with Gasteiger partial charge in [0, 0.05) is 21.8 Å². The van der Waals surface area contributed by atoms with Gasteiger partial charge in [-0.1, -0.05) is 34.1 Å². The Bertz CT molecular complexity index is 1040. The molecule has 124 valence electrons. The molecule has 25 heavy (non-hydrogen) atoms. The minimum absolute atomic E-state index is 0.190. The summed E-state index contributed by atoms with van der Waals surface area (Å²) in [6.07, 6.45) is 3.37. The van der Waals surface area contributed by atoms with Crippen molar-refractivity contribution < 1.29 is 9.21 Å². The van der Waals surface area contributed by atoms with Crippen molar-refractivity contribution >= 4 is 27.5 Å². The highest BCUT2D eigenvalue weighted by Gasteiger charge is 2.13. The van der Waals surface area contributed by atoms with Crippen molar-refractivity contribution in [2.75, 3.05) is 0 Å². The van der Waals surface area contributed by atoms with Gasteiger partial charge in [0.1, 0.15) is 5.76 Å². The monoisotopic (exact) mass is 396 g/mol. The quantitative estimate of drug-likeness (QED) is 0.570. The number of benzene rings is 1. The predicted octanol–water partition coefficient (Wildman–Crippen LogP) is 3.68. The molecule has 3 heterocycles. The molecule has 1 amide bonds. The number of halogens is 1. The normalized spacial score (nSPS) is 10.9. The Labute approximate surface area is 151 Å². The molecule has 6 nitrogen and oxygen atoms in total. The largest absolute Gasteiger partial charge is 0.467 e. The summed E-state index contributed by atoms with van der Waals surface area (Å²) in [5.74, 6) is 1.22. The molecule has 0 saturated carbocycles. The van der Waals surface area contributed by atoms with Crippen molar-refractivity contribution in [3.8, 4) is 11.4 Å². The summed E-state index contributed by atoms with van der Waals surface area (Å²) < 4.78 is 7.99. The fourth-order valence-electron chi connectivity index (χ4n) is 2.54. The Morgan fingerprint density at radius 3 is 2.84 bits per heavy atom. The van der Waals surface area contributed by atoms with Crippen LogP contribution in [0.5, 0.6) is 0 Å². The maximum Gasteiger partial charge on any atom is 0.251 e. The Morgan fingerprint density at radius 1 is 1.16 bits per heavy atom. The van der Waals surface area contributed by atoms with E-state index in [-0.39, 0.29) is 5.91 Å². The number of rotatable bonds is 4. The van der Waals surface area contributed by atoms with Gasteiger partial charge < -0.3 is 9.73 Å². The molecule has 0 aliphatic rings. The average molecular weight is 397 g/mol. The van der Waals surface area contributed by atoms with Gasteiger partial charge in [-0.2, -0.15) is 0 Å². The van der Waals surface area contributed by atoms with E-state index in [9.17, 15) is 4.79 Å². The summed E-state index contributed by atoms with van der Waals surface area (Å²) in [5, 5.41) is 11.2. The maximum absolute atomic E-state index is 12.3. The van der Waals surface area contributed by atoms with Crippen LogP contribution in [0.1, 0.15) is 16.1 Å². The molecule has 0 fully saturated rings. The van der Waals surface area contributed by atoms with Gasteiger partial charge in [-0.15, -0.1) is 10.2 Å². The highest BCUT2D eigenvalue weighted by Crippen LogP contribution is 2.26. The van der Waals surface area contributed by atoms with E-state index in [1.165, 1.54) is 0 Å². The average Bonchev–Trinajstić information content (AvgIpc) is 3.29. The van der Waals surface area contributed by atoms with Gasteiger partial charge in [-0.25, -0.2) is 0 Å². The topological polar surface area (TPSA) is 72.4 Å². The van der Waals surface area contributed by atoms with Crippen molar-refractivity contribution in [1.82, 2.24) is 19.9 Å². The molecule has 0 aliphatic heterocycles. The first-order valence-corrected chi connectivity index (χ1v) is 8.42. The lowest BCUT2D eigenvalue weighted by Crippen LogP contribution is -2.22. The highest BCUT2D eigenvalue weighted by atomic mass is 79.9. The molecule has 0 saturated heterocycles. The molecule has 1 N–H and O–H groups in total. The number of fused-ring (bicyclic) bond motifs is 1. The van der Waals surface area contributed by atoms with Gasteiger partial charge in [0.2, 0.25) is 0 Å². The zero-order valence-electron chi connectivity index (χ0n) is 13.0.